The minimum Gasteiger partial charge on any atom is -0.497 e. The SMILES string of the molecule is COc1ccc(OCC(Cl)C#N)cc1. The summed E-state index contributed by atoms with van der Waals surface area (Å²) < 4.78 is 10.2. The van der Waals surface area contributed by atoms with Gasteiger partial charge in [0.2, 0.25) is 0 Å². The highest BCUT2D eigenvalue weighted by Crippen LogP contribution is 2.17. The highest BCUT2D eigenvalue weighted by atomic mass is 35.5. The third-order valence-electron chi connectivity index (χ3n) is 1.60. The van der Waals surface area contributed by atoms with Gasteiger partial charge in [0, 0.05) is 0 Å². The molecule has 0 saturated heterocycles. The van der Waals surface area contributed by atoms with E-state index in [0.717, 1.165) is 5.75 Å². The predicted octanol–water partition coefficient (Wildman–Crippen LogP) is 2.20. The summed E-state index contributed by atoms with van der Waals surface area (Å²) in [7, 11) is 1.60. The number of nitriles is 1. The zero-order valence-corrected chi connectivity index (χ0v) is 8.49. The standard InChI is InChI=1S/C10H10ClNO2/c1-13-9-2-4-10(5-3-9)14-7-8(11)6-12/h2-5,8H,7H2,1H3. The second-order valence-electron chi connectivity index (χ2n) is 2.58. The Morgan fingerprint density at radius 1 is 1.36 bits per heavy atom. The maximum Gasteiger partial charge on any atom is 0.154 e. The molecule has 0 saturated carbocycles. The predicted molar refractivity (Wildman–Crippen MR) is 53.7 cm³/mol. The fraction of sp³-hybridized carbons (Fsp3) is 0.300. The van der Waals surface area contributed by atoms with Crippen LogP contribution < -0.4 is 9.47 Å². The van der Waals surface area contributed by atoms with Gasteiger partial charge in [-0.3, -0.25) is 0 Å². The van der Waals surface area contributed by atoms with Gasteiger partial charge in [0.1, 0.15) is 18.1 Å². The zero-order chi connectivity index (χ0) is 10.4. The van der Waals surface area contributed by atoms with Crippen molar-refractivity contribution in [3.63, 3.8) is 0 Å². The Bertz CT molecular complexity index is 318. The minimum absolute atomic E-state index is 0.185. The molecule has 0 bridgehead atoms. The van der Waals surface area contributed by atoms with E-state index in [1.807, 2.05) is 6.07 Å². The summed E-state index contributed by atoms with van der Waals surface area (Å²) >= 11 is 5.56. The fourth-order valence-electron chi connectivity index (χ4n) is 0.879. The number of alkyl halides is 1. The molecule has 0 spiro atoms. The van der Waals surface area contributed by atoms with Gasteiger partial charge in [0.05, 0.1) is 13.2 Å². The van der Waals surface area contributed by atoms with E-state index in [1.54, 1.807) is 31.4 Å². The van der Waals surface area contributed by atoms with Gasteiger partial charge in [-0.25, -0.2) is 0 Å². The van der Waals surface area contributed by atoms with Gasteiger partial charge >= 0.3 is 0 Å². The van der Waals surface area contributed by atoms with Gasteiger partial charge < -0.3 is 9.47 Å². The molecular weight excluding hydrogens is 202 g/mol. The summed E-state index contributed by atoms with van der Waals surface area (Å²) in [5.41, 5.74) is 0. The van der Waals surface area contributed by atoms with Crippen LogP contribution in [0.2, 0.25) is 0 Å². The van der Waals surface area contributed by atoms with E-state index in [4.69, 9.17) is 26.3 Å². The average Bonchev–Trinajstić information content (AvgIpc) is 2.26. The Morgan fingerprint density at radius 3 is 2.43 bits per heavy atom. The van der Waals surface area contributed by atoms with Crippen molar-refractivity contribution in [2.45, 2.75) is 5.38 Å². The molecule has 0 heterocycles. The molecule has 1 atom stereocenters. The Labute approximate surface area is 87.8 Å². The van der Waals surface area contributed by atoms with Crippen molar-refractivity contribution < 1.29 is 9.47 Å². The molecule has 0 N–H and O–H groups in total. The molecule has 0 fully saturated rings. The van der Waals surface area contributed by atoms with E-state index in [0.29, 0.717) is 5.75 Å². The largest absolute Gasteiger partial charge is 0.497 e. The number of benzene rings is 1. The van der Waals surface area contributed by atoms with Crippen LogP contribution >= 0.6 is 11.6 Å². The van der Waals surface area contributed by atoms with Crippen molar-refractivity contribution in [2.24, 2.45) is 0 Å². The second-order valence-corrected chi connectivity index (χ2v) is 3.11. The van der Waals surface area contributed by atoms with Crippen LogP contribution in [0.1, 0.15) is 0 Å². The first-order valence-corrected chi connectivity index (χ1v) is 4.50. The third kappa shape index (κ3) is 3.15. The Hall–Kier alpha value is -1.40. The third-order valence-corrected chi connectivity index (χ3v) is 1.82. The number of methoxy groups -OCH3 is 1. The van der Waals surface area contributed by atoms with E-state index >= 15 is 0 Å². The summed E-state index contributed by atoms with van der Waals surface area (Å²) in [6.45, 7) is 0.185. The molecule has 3 nitrogen and oxygen atoms in total. The lowest BCUT2D eigenvalue weighted by Gasteiger charge is -2.06. The van der Waals surface area contributed by atoms with E-state index in [-0.39, 0.29) is 6.61 Å². The Morgan fingerprint density at radius 2 is 1.93 bits per heavy atom. The van der Waals surface area contributed by atoms with Crippen LogP contribution in [0.3, 0.4) is 0 Å². The van der Waals surface area contributed by atoms with Crippen molar-refractivity contribution in [2.75, 3.05) is 13.7 Å². The van der Waals surface area contributed by atoms with Crippen LogP contribution in [-0.2, 0) is 0 Å². The van der Waals surface area contributed by atoms with Crippen LogP contribution in [0.4, 0.5) is 0 Å². The smallest absolute Gasteiger partial charge is 0.154 e. The summed E-state index contributed by atoms with van der Waals surface area (Å²) in [5.74, 6) is 1.44. The molecule has 1 unspecified atom stereocenters. The van der Waals surface area contributed by atoms with E-state index in [9.17, 15) is 0 Å². The first-order chi connectivity index (χ1) is 6.76. The first-order valence-electron chi connectivity index (χ1n) is 4.07. The Balaban J connectivity index is 2.48. The summed E-state index contributed by atoms with van der Waals surface area (Å²) in [6.07, 6.45) is 0. The normalized spacial score (nSPS) is 11.5. The molecule has 0 aromatic heterocycles. The molecule has 0 aliphatic carbocycles. The summed E-state index contributed by atoms with van der Waals surface area (Å²) in [6, 6.07) is 8.97. The summed E-state index contributed by atoms with van der Waals surface area (Å²) in [4.78, 5) is 0. The topological polar surface area (TPSA) is 42.2 Å². The molecule has 14 heavy (non-hydrogen) atoms. The van der Waals surface area contributed by atoms with Crippen LogP contribution in [0.25, 0.3) is 0 Å². The van der Waals surface area contributed by atoms with E-state index < -0.39 is 5.38 Å². The monoisotopic (exact) mass is 211 g/mol. The molecule has 74 valence electrons. The van der Waals surface area contributed by atoms with Gasteiger partial charge in [-0.1, -0.05) is 0 Å². The van der Waals surface area contributed by atoms with Crippen molar-refractivity contribution in [1.82, 2.24) is 0 Å². The lowest BCUT2D eigenvalue weighted by molar-refractivity contribution is 0.328. The van der Waals surface area contributed by atoms with E-state index in [1.165, 1.54) is 0 Å². The van der Waals surface area contributed by atoms with Gasteiger partial charge in [0.15, 0.2) is 5.38 Å². The quantitative estimate of drug-likeness (QED) is 0.717. The molecule has 4 heteroatoms. The van der Waals surface area contributed by atoms with Crippen LogP contribution in [0, 0.1) is 11.3 Å². The zero-order valence-electron chi connectivity index (χ0n) is 7.74. The molecule has 0 aliphatic heterocycles. The molecular formula is C10H10ClNO2. The maximum atomic E-state index is 8.41. The molecule has 0 amide bonds. The van der Waals surface area contributed by atoms with Gasteiger partial charge in [-0.2, -0.15) is 5.26 Å². The highest BCUT2D eigenvalue weighted by Gasteiger charge is 2.02. The van der Waals surface area contributed by atoms with Gasteiger partial charge in [0.25, 0.3) is 0 Å². The molecule has 1 aromatic rings. The second kappa shape index (κ2) is 5.36. The summed E-state index contributed by atoms with van der Waals surface area (Å²) in [5, 5.41) is 7.80. The molecule has 1 rings (SSSR count). The van der Waals surface area contributed by atoms with E-state index in [2.05, 4.69) is 0 Å². The van der Waals surface area contributed by atoms with Crippen LogP contribution in [-0.4, -0.2) is 19.1 Å². The van der Waals surface area contributed by atoms with Crippen LogP contribution in [0.15, 0.2) is 24.3 Å². The Kier molecular flexibility index (Phi) is 4.09. The van der Waals surface area contributed by atoms with Gasteiger partial charge in [-0.15, -0.1) is 11.6 Å². The highest BCUT2D eigenvalue weighted by molar-refractivity contribution is 6.22. The average molecular weight is 212 g/mol. The fourth-order valence-corrected chi connectivity index (χ4v) is 0.942. The lowest BCUT2D eigenvalue weighted by Crippen LogP contribution is -2.08. The maximum absolute atomic E-state index is 8.41. The number of halogens is 1. The number of rotatable bonds is 4. The molecule has 1 aromatic carbocycles. The lowest BCUT2D eigenvalue weighted by atomic mass is 10.3. The molecule has 0 radical (unpaired) electrons. The van der Waals surface area contributed by atoms with Crippen molar-refractivity contribution in [3.05, 3.63) is 24.3 Å². The van der Waals surface area contributed by atoms with Crippen molar-refractivity contribution >= 4 is 11.6 Å². The van der Waals surface area contributed by atoms with Gasteiger partial charge in [-0.05, 0) is 24.3 Å². The minimum atomic E-state index is -0.614. The first kappa shape index (κ1) is 10.7. The van der Waals surface area contributed by atoms with Crippen molar-refractivity contribution in [3.8, 4) is 17.6 Å². The number of hydrogen-bond donors (Lipinski definition) is 0. The number of ether oxygens (including phenoxy) is 2. The number of nitrogens with zero attached hydrogens (tertiary/aromatic N) is 1. The van der Waals surface area contributed by atoms with Crippen molar-refractivity contribution in [1.29, 1.82) is 5.26 Å². The van der Waals surface area contributed by atoms with Crippen LogP contribution in [0.5, 0.6) is 11.5 Å². The number of hydrogen-bond acceptors (Lipinski definition) is 3. The molecule has 0 aliphatic rings.